The summed E-state index contributed by atoms with van der Waals surface area (Å²) in [6.45, 7) is 2.60. The van der Waals surface area contributed by atoms with Gasteiger partial charge in [-0.15, -0.1) is 0 Å². The first-order valence-electron chi connectivity index (χ1n) is 11.5. The number of benzene rings is 3. The van der Waals surface area contributed by atoms with Crippen molar-refractivity contribution in [3.63, 3.8) is 0 Å². The minimum Gasteiger partial charge on any atom is -0.496 e. The lowest BCUT2D eigenvalue weighted by atomic mass is 10.0. The number of hydrogen-bond acceptors (Lipinski definition) is 3. The summed E-state index contributed by atoms with van der Waals surface area (Å²) in [6.07, 6.45) is 1.50. The molecule has 5 nitrogen and oxygen atoms in total. The normalized spacial score (nSPS) is 11.5. The van der Waals surface area contributed by atoms with Gasteiger partial charge in [-0.3, -0.25) is 9.59 Å². The summed E-state index contributed by atoms with van der Waals surface area (Å²) in [4.78, 5) is 28.5. The summed E-state index contributed by atoms with van der Waals surface area (Å²) in [5, 5.41) is 3.66. The Morgan fingerprint density at radius 1 is 0.941 bits per heavy atom. The van der Waals surface area contributed by atoms with Gasteiger partial charge in [0.2, 0.25) is 11.8 Å². The summed E-state index contributed by atoms with van der Waals surface area (Å²) >= 11 is 6.05. The zero-order valence-corrected chi connectivity index (χ0v) is 20.4. The number of nitrogens with zero attached hydrogens (tertiary/aromatic N) is 1. The third kappa shape index (κ3) is 7.09. The minimum atomic E-state index is -0.660. The first-order chi connectivity index (χ1) is 16.5. The Kier molecular flexibility index (Phi) is 9.53. The maximum absolute atomic E-state index is 13.5. The van der Waals surface area contributed by atoms with E-state index in [4.69, 9.17) is 16.3 Å². The molecule has 1 atom stereocenters. The molecule has 1 N–H and O–H groups in total. The van der Waals surface area contributed by atoms with Crippen LogP contribution in [0.4, 0.5) is 0 Å². The van der Waals surface area contributed by atoms with Gasteiger partial charge in [-0.05, 0) is 35.7 Å². The van der Waals surface area contributed by atoms with Crippen LogP contribution in [0.25, 0.3) is 0 Å². The molecule has 3 rings (SSSR count). The van der Waals surface area contributed by atoms with Gasteiger partial charge in [-0.25, -0.2) is 0 Å². The number of carbonyl (C=O) groups is 2. The Balaban J connectivity index is 1.88. The second kappa shape index (κ2) is 12.8. The molecule has 0 aliphatic carbocycles. The molecule has 0 bridgehead atoms. The number of ether oxygens (including phenoxy) is 1. The number of rotatable bonds is 11. The first-order valence-corrected chi connectivity index (χ1v) is 11.9. The summed E-state index contributed by atoms with van der Waals surface area (Å²) in [6, 6.07) is 24.1. The van der Waals surface area contributed by atoms with E-state index in [1.165, 1.54) is 0 Å². The fourth-order valence-electron chi connectivity index (χ4n) is 3.85. The summed E-state index contributed by atoms with van der Waals surface area (Å²) < 4.78 is 5.41. The highest BCUT2D eigenvalue weighted by atomic mass is 35.5. The summed E-state index contributed by atoms with van der Waals surface area (Å²) in [5.41, 5.74) is 2.79. The van der Waals surface area contributed by atoms with Gasteiger partial charge < -0.3 is 15.0 Å². The van der Waals surface area contributed by atoms with Crippen LogP contribution in [-0.2, 0) is 29.1 Å². The fourth-order valence-corrected chi connectivity index (χ4v) is 3.97. The zero-order valence-electron chi connectivity index (χ0n) is 19.7. The van der Waals surface area contributed by atoms with Crippen molar-refractivity contribution in [3.05, 3.63) is 101 Å². The van der Waals surface area contributed by atoms with Crippen molar-refractivity contribution in [2.45, 2.75) is 45.3 Å². The van der Waals surface area contributed by atoms with Gasteiger partial charge in [0.1, 0.15) is 11.8 Å². The lowest BCUT2D eigenvalue weighted by Crippen LogP contribution is -2.50. The quantitative estimate of drug-likeness (QED) is 0.401. The number of hydrogen-bond donors (Lipinski definition) is 1. The van der Waals surface area contributed by atoms with Crippen LogP contribution in [-0.4, -0.2) is 29.9 Å². The molecular weight excluding hydrogens is 448 g/mol. The molecule has 178 valence electrons. The van der Waals surface area contributed by atoms with Crippen molar-refractivity contribution in [3.8, 4) is 5.75 Å². The van der Waals surface area contributed by atoms with Gasteiger partial charge in [0, 0.05) is 36.5 Å². The van der Waals surface area contributed by atoms with E-state index in [0.29, 0.717) is 43.1 Å². The molecular formula is C28H31ClN2O3. The molecule has 0 aromatic heterocycles. The van der Waals surface area contributed by atoms with Crippen LogP contribution in [0.2, 0.25) is 5.02 Å². The van der Waals surface area contributed by atoms with Gasteiger partial charge in [-0.1, -0.05) is 79.2 Å². The van der Waals surface area contributed by atoms with Crippen LogP contribution in [0.5, 0.6) is 5.75 Å². The van der Waals surface area contributed by atoms with E-state index in [0.717, 1.165) is 16.7 Å². The lowest BCUT2D eigenvalue weighted by molar-refractivity contribution is -0.141. The first kappa shape index (κ1) is 25.3. The fraction of sp³-hybridized carbons (Fsp3) is 0.286. The Hall–Kier alpha value is -3.31. The number of para-hydroxylation sites is 1. The number of carbonyl (C=O) groups excluding carboxylic acids is 2. The molecule has 0 aliphatic rings. The molecule has 6 heteroatoms. The van der Waals surface area contributed by atoms with Crippen molar-refractivity contribution in [1.29, 1.82) is 0 Å². The van der Waals surface area contributed by atoms with Gasteiger partial charge in [0.25, 0.3) is 0 Å². The zero-order chi connectivity index (χ0) is 24.3. The Labute approximate surface area is 206 Å². The smallest absolute Gasteiger partial charge is 0.243 e. The molecule has 0 fully saturated rings. The van der Waals surface area contributed by atoms with E-state index in [9.17, 15) is 9.59 Å². The molecule has 3 aromatic rings. The number of amides is 2. The third-order valence-electron chi connectivity index (χ3n) is 5.65. The maximum atomic E-state index is 13.5. The molecule has 0 saturated carbocycles. The van der Waals surface area contributed by atoms with E-state index >= 15 is 0 Å². The third-order valence-corrected chi connectivity index (χ3v) is 5.90. The standard InChI is InChI=1S/C28H31ClN2O3/c1-3-9-27(32)31(20-22-14-16-24(29)17-15-22)25(18-21-10-5-4-6-11-21)28(33)30-19-23-12-7-8-13-26(23)34-2/h4-8,10-17,25H,3,9,18-20H2,1-2H3,(H,30,33)/t25-/m0/s1. The van der Waals surface area contributed by atoms with E-state index < -0.39 is 6.04 Å². The predicted octanol–water partition coefficient (Wildman–Crippen LogP) is 5.41. The van der Waals surface area contributed by atoms with Crippen LogP contribution in [0.1, 0.15) is 36.5 Å². The van der Waals surface area contributed by atoms with Crippen molar-refractivity contribution in [2.75, 3.05) is 7.11 Å². The van der Waals surface area contributed by atoms with Gasteiger partial charge in [0.15, 0.2) is 0 Å². The van der Waals surface area contributed by atoms with E-state index in [2.05, 4.69) is 5.32 Å². The molecule has 0 radical (unpaired) electrons. The van der Waals surface area contributed by atoms with E-state index in [1.54, 1.807) is 24.1 Å². The Morgan fingerprint density at radius 3 is 2.29 bits per heavy atom. The Bertz CT molecular complexity index is 1070. The molecule has 0 heterocycles. The maximum Gasteiger partial charge on any atom is 0.243 e. The topological polar surface area (TPSA) is 58.6 Å². The van der Waals surface area contributed by atoms with E-state index in [1.807, 2.05) is 73.7 Å². The monoisotopic (exact) mass is 478 g/mol. The largest absolute Gasteiger partial charge is 0.496 e. The highest BCUT2D eigenvalue weighted by Gasteiger charge is 2.30. The highest BCUT2D eigenvalue weighted by molar-refractivity contribution is 6.30. The highest BCUT2D eigenvalue weighted by Crippen LogP contribution is 2.20. The Morgan fingerprint density at radius 2 is 1.62 bits per heavy atom. The second-order valence-corrected chi connectivity index (χ2v) is 8.57. The molecule has 0 unspecified atom stereocenters. The van der Waals surface area contributed by atoms with Crippen LogP contribution < -0.4 is 10.1 Å². The van der Waals surface area contributed by atoms with Crippen molar-refractivity contribution in [2.24, 2.45) is 0 Å². The summed E-state index contributed by atoms with van der Waals surface area (Å²) in [5.74, 6) is 0.460. The number of methoxy groups -OCH3 is 1. The van der Waals surface area contributed by atoms with Crippen molar-refractivity contribution in [1.82, 2.24) is 10.2 Å². The molecule has 2 amide bonds. The number of nitrogens with one attached hydrogen (secondary N) is 1. The SMILES string of the molecule is CCCC(=O)N(Cc1ccc(Cl)cc1)[C@@H](Cc1ccccc1)C(=O)NCc1ccccc1OC. The van der Waals surface area contributed by atoms with Gasteiger partial charge in [0.05, 0.1) is 7.11 Å². The van der Waals surface area contributed by atoms with E-state index in [-0.39, 0.29) is 11.8 Å². The van der Waals surface area contributed by atoms with Crippen molar-refractivity contribution < 1.29 is 14.3 Å². The molecule has 34 heavy (non-hydrogen) atoms. The number of halogens is 1. The van der Waals surface area contributed by atoms with Crippen LogP contribution in [0, 0.1) is 0 Å². The molecule has 0 aliphatic heterocycles. The van der Waals surface area contributed by atoms with Gasteiger partial charge in [-0.2, -0.15) is 0 Å². The van der Waals surface area contributed by atoms with Crippen LogP contribution in [0.15, 0.2) is 78.9 Å². The minimum absolute atomic E-state index is 0.0502. The average molecular weight is 479 g/mol. The van der Waals surface area contributed by atoms with Gasteiger partial charge >= 0.3 is 0 Å². The van der Waals surface area contributed by atoms with Crippen molar-refractivity contribution >= 4 is 23.4 Å². The predicted molar refractivity (Wildman–Crippen MR) is 136 cm³/mol. The lowest BCUT2D eigenvalue weighted by Gasteiger charge is -2.31. The van der Waals surface area contributed by atoms with Crippen LogP contribution >= 0.6 is 11.6 Å². The second-order valence-electron chi connectivity index (χ2n) is 8.13. The molecule has 3 aromatic carbocycles. The molecule has 0 spiro atoms. The average Bonchev–Trinajstić information content (AvgIpc) is 2.86. The molecule has 0 saturated heterocycles. The summed E-state index contributed by atoms with van der Waals surface area (Å²) in [7, 11) is 1.61. The van der Waals surface area contributed by atoms with Crippen LogP contribution in [0.3, 0.4) is 0 Å².